The van der Waals surface area contributed by atoms with Crippen LogP contribution in [0.4, 0.5) is 14.6 Å². The second-order valence-electron chi connectivity index (χ2n) is 7.37. The van der Waals surface area contributed by atoms with E-state index in [1.807, 2.05) is 0 Å². The fraction of sp³-hybridized carbons (Fsp3) is 0.0417. The molecule has 37 heavy (non-hydrogen) atoms. The van der Waals surface area contributed by atoms with E-state index in [1.54, 1.807) is 25.2 Å². The van der Waals surface area contributed by atoms with Gasteiger partial charge in [0.05, 0.1) is 22.4 Å². The van der Waals surface area contributed by atoms with Crippen molar-refractivity contribution in [3.63, 3.8) is 0 Å². The van der Waals surface area contributed by atoms with Crippen molar-refractivity contribution in [1.82, 2.24) is 15.3 Å². The van der Waals surface area contributed by atoms with Crippen LogP contribution in [-0.4, -0.2) is 31.6 Å². The maximum atomic E-state index is 14.9. The van der Waals surface area contributed by atoms with E-state index in [9.17, 15) is 17.2 Å². The Labute approximate surface area is 220 Å². The summed E-state index contributed by atoms with van der Waals surface area (Å²) < 4.78 is 62.0. The molecular formula is C24H18ClF2N5O3S2. The van der Waals surface area contributed by atoms with Crippen LogP contribution in [0.5, 0.6) is 11.5 Å². The number of sulfonamides is 1. The molecular weight excluding hydrogens is 544 g/mol. The zero-order chi connectivity index (χ0) is 26.6. The summed E-state index contributed by atoms with van der Waals surface area (Å²) in [4.78, 5) is 7.47. The molecule has 0 aliphatic carbocycles. The minimum absolute atomic E-state index is 0.0486. The number of nitrogens with one attached hydrogen (secondary N) is 3. The molecule has 0 radical (unpaired) electrons. The highest BCUT2D eigenvalue weighted by molar-refractivity contribution is 7.92. The fourth-order valence-corrected chi connectivity index (χ4v) is 5.21. The summed E-state index contributed by atoms with van der Waals surface area (Å²) in [6.45, 7) is 0. The van der Waals surface area contributed by atoms with Crippen molar-refractivity contribution in [2.75, 3.05) is 11.8 Å². The maximum absolute atomic E-state index is 14.9. The van der Waals surface area contributed by atoms with Gasteiger partial charge in [-0.25, -0.2) is 22.2 Å². The SMILES string of the molecule is CN/C(=C\C=N)c1cc(-c2cccc(F)c2)ncc1Oc1cc(F)c(S(=O)(=O)Nc2cscn2)cc1Cl. The number of pyridine rings is 1. The number of rotatable bonds is 9. The van der Waals surface area contributed by atoms with Crippen LogP contribution >= 0.6 is 22.9 Å². The molecule has 0 atom stereocenters. The Kier molecular flexibility index (Phi) is 7.81. The first-order chi connectivity index (χ1) is 17.7. The van der Waals surface area contributed by atoms with E-state index < -0.39 is 26.6 Å². The van der Waals surface area contributed by atoms with Crippen molar-refractivity contribution < 1.29 is 21.9 Å². The van der Waals surface area contributed by atoms with Crippen molar-refractivity contribution in [3.05, 3.63) is 87.8 Å². The molecule has 190 valence electrons. The van der Waals surface area contributed by atoms with Gasteiger partial charge in [-0.3, -0.25) is 9.71 Å². The zero-order valence-electron chi connectivity index (χ0n) is 19.0. The van der Waals surface area contributed by atoms with Gasteiger partial charge in [0.2, 0.25) is 0 Å². The Hall–Kier alpha value is -3.87. The summed E-state index contributed by atoms with van der Waals surface area (Å²) in [6, 6.07) is 9.24. The summed E-state index contributed by atoms with van der Waals surface area (Å²) in [6.07, 6.45) is 3.85. The van der Waals surface area contributed by atoms with Gasteiger partial charge < -0.3 is 15.5 Å². The molecule has 13 heteroatoms. The van der Waals surface area contributed by atoms with Gasteiger partial charge in [0.25, 0.3) is 10.0 Å². The Morgan fingerprint density at radius 2 is 1.97 bits per heavy atom. The van der Waals surface area contributed by atoms with E-state index >= 15 is 0 Å². The summed E-state index contributed by atoms with van der Waals surface area (Å²) in [5, 5.41) is 11.7. The highest BCUT2D eigenvalue weighted by atomic mass is 35.5. The topological polar surface area (TPSA) is 117 Å². The Bertz CT molecular complexity index is 1600. The average Bonchev–Trinajstić information content (AvgIpc) is 3.37. The standard InChI is InChI=1S/C24H18ClF2N5O3S2/c1-29-19(5-6-28)16-8-20(14-3-2-4-15(26)7-14)30-11-22(16)35-21-10-18(27)23(9-17(21)25)37(33,34)32-24-12-36-13-31-24/h2-13,28-29,32H,1H3/b19-5-,28-6?. The van der Waals surface area contributed by atoms with Gasteiger partial charge in [-0.05, 0) is 30.3 Å². The number of nitrogens with zero attached hydrogens (tertiary/aromatic N) is 2. The lowest BCUT2D eigenvalue weighted by molar-refractivity contribution is 0.470. The molecule has 0 amide bonds. The van der Waals surface area contributed by atoms with E-state index in [2.05, 4.69) is 20.0 Å². The number of thiazole rings is 1. The number of halogens is 3. The first-order valence-corrected chi connectivity index (χ1v) is 13.2. The number of anilines is 1. The van der Waals surface area contributed by atoms with Crippen LogP contribution in [-0.2, 0) is 10.0 Å². The molecule has 2 heterocycles. The lowest BCUT2D eigenvalue weighted by Gasteiger charge is -2.16. The van der Waals surface area contributed by atoms with E-state index in [-0.39, 0.29) is 22.3 Å². The largest absolute Gasteiger partial charge is 0.453 e. The Morgan fingerprint density at radius 1 is 1.16 bits per heavy atom. The molecule has 4 rings (SSSR count). The van der Waals surface area contributed by atoms with Crippen molar-refractivity contribution in [1.29, 1.82) is 5.41 Å². The van der Waals surface area contributed by atoms with Gasteiger partial charge in [-0.1, -0.05) is 23.7 Å². The molecule has 0 spiro atoms. The molecule has 2 aromatic carbocycles. The molecule has 8 nitrogen and oxygen atoms in total. The van der Waals surface area contributed by atoms with Crippen molar-refractivity contribution in [2.24, 2.45) is 0 Å². The first-order valence-electron chi connectivity index (χ1n) is 10.4. The van der Waals surface area contributed by atoms with Crippen molar-refractivity contribution in [2.45, 2.75) is 4.90 Å². The van der Waals surface area contributed by atoms with Gasteiger partial charge >= 0.3 is 0 Å². The minimum atomic E-state index is -4.31. The molecule has 3 N–H and O–H groups in total. The van der Waals surface area contributed by atoms with Gasteiger partial charge in [0, 0.05) is 41.5 Å². The lowest BCUT2D eigenvalue weighted by atomic mass is 10.1. The van der Waals surface area contributed by atoms with E-state index in [0.29, 0.717) is 22.5 Å². The fourth-order valence-electron chi connectivity index (χ4n) is 3.30. The molecule has 0 saturated carbocycles. The third kappa shape index (κ3) is 5.93. The Balaban J connectivity index is 1.74. The highest BCUT2D eigenvalue weighted by Gasteiger charge is 2.24. The molecule has 0 aliphatic rings. The lowest BCUT2D eigenvalue weighted by Crippen LogP contribution is -2.15. The van der Waals surface area contributed by atoms with Crippen LogP contribution in [0.25, 0.3) is 17.0 Å². The third-order valence-electron chi connectivity index (χ3n) is 4.96. The molecule has 4 aromatic rings. The highest BCUT2D eigenvalue weighted by Crippen LogP contribution is 2.37. The van der Waals surface area contributed by atoms with E-state index in [0.717, 1.165) is 18.3 Å². The van der Waals surface area contributed by atoms with Crippen LogP contribution in [0.15, 0.2) is 70.5 Å². The second kappa shape index (κ2) is 11.0. The molecule has 0 aliphatic heterocycles. The maximum Gasteiger partial charge on any atom is 0.266 e. The minimum Gasteiger partial charge on any atom is -0.453 e. The summed E-state index contributed by atoms with van der Waals surface area (Å²) in [7, 11) is -2.68. The smallest absolute Gasteiger partial charge is 0.266 e. The summed E-state index contributed by atoms with van der Waals surface area (Å²) in [5.74, 6) is -1.53. The van der Waals surface area contributed by atoms with Crippen LogP contribution in [0.1, 0.15) is 5.56 Å². The molecule has 0 unspecified atom stereocenters. The van der Waals surface area contributed by atoms with Crippen molar-refractivity contribution >= 4 is 50.7 Å². The normalized spacial score (nSPS) is 11.7. The van der Waals surface area contributed by atoms with Crippen LogP contribution in [0, 0.1) is 17.0 Å². The Morgan fingerprint density at radius 3 is 2.65 bits per heavy atom. The number of aromatic nitrogens is 2. The average molecular weight is 562 g/mol. The van der Waals surface area contributed by atoms with Gasteiger partial charge in [0.15, 0.2) is 11.6 Å². The number of benzene rings is 2. The van der Waals surface area contributed by atoms with Crippen LogP contribution in [0.2, 0.25) is 5.02 Å². The van der Waals surface area contributed by atoms with Crippen LogP contribution in [0.3, 0.4) is 0 Å². The number of hydrogen-bond donors (Lipinski definition) is 3. The number of allylic oxidation sites excluding steroid dienone is 1. The quantitative estimate of drug-likeness (QED) is 0.218. The van der Waals surface area contributed by atoms with E-state index in [1.165, 1.54) is 46.6 Å². The van der Waals surface area contributed by atoms with Gasteiger partial charge in [0.1, 0.15) is 22.3 Å². The molecule has 0 bridgehead atoms. The third-order valence-corrected chi connectivity index (χ3v) is 7.22. The predicted molar refractivity (Wildman–Crippen MR) is 140 cm³/mol. The van der Waals surface area contributed by atoms with Crippen molar-refractivity contribution in [3.8, 4) is 22.8 Å². The molecule has 0 saturated heterocycles. The summed E-state index contributed by atoms with van der Waals surface area (Å²) >= 11 is 7.45. The van der Waals surface area contributed by atoms with Crippen LogP contribution < -0.4 is 14.8 Å². The molecule has 2 aromatic heterocycles. The number of ether oxygens (including phenoxy) is 1. The predicted octanol–water partition coefficient (Wildman–Crippen LogP) is 5.94. The van der Waals surface area contributed by atoms with E-state index in [4.69, 9.17) is 21.7 Å². The van der Waals surface area contributed by atoms with Gasteiger partial charge in [-0.15, -0.1) is 11.3 Å². The summed E-state index contributed by atoms with van der Waals surface area (Å²) in [5.41, 5.74) is 3.21. The molecule has 0 fully saturated rings. The zero-order valence-corrected chi connectivity index (χ0v) is 21.4. The monoisotopic (exact) mass is 561 g/mol. The second-order valence-corrected chi connectivity index (χ2v) is 10.1. The number of hydrogen-bond acceptors (Lipinski definition) is 8. The van der Waals surface area contributed by atoms with Gasteiger partial charge in [-0.2, -0.15) is 0 Å². The first kappa shape index (κ1) is 26.2.